The van der Waals surface area contributed by atoms with E-state index in [-0.39, 0.29) is 17.6 Å². The molecule has 0 unspecified atom stereocenters. The molecule has 37 heavy (non-hydrogen) atoms. The summed E-state index contributed by atoms with van der Waals surface area (Å²) in [7, 11) is 0. The highest BCUT2D eigenvalue weighted by molar-refractivity contribution is 7.99. The summed E-state index contributed by atoms with van der Waals surface area (Å²) >= 11 is 1.26. The molecule has 3 aromatic carbocycles. The number of oxazole rings is 1. The van der Waals surface area contributed by atoms with Gasteiger partial charge in [0.2, 0.25) is 5.91 Å². The van der Waals surface area contributed by atoms with Gasteiger partial charge in [-0.15, -0.1) is 0 Å². The SMILES string of the molecule is Cc1cccc(C)c1NC(=O)C1(N(C(=O)CSc2nc3ccccc3o2)c2ccccc2)CCCCC1. The second-order valence-corrected chi connectivity index (χ2v) is 10.5. The van der Waals surface area contributed by atoms with Gasteiger partial charge in [0.05, 0.1) is 5.75 Å². The number of anilines is 2. The van der Waals surface area contributed by atoms with E-state index in [1.165, 1.54) is 11.8 Å². The minimum atomic E-state index is -0.979. The largest absolute Gasteiger partial charge is 0.431 e. The molecule has 1 aliphatic carbocycles. The van der Waals surface area contributed by atoms with Crippen molar-refractivity contribution in [2.75, 3.05) is 16.0 Å². The third-order valence-corrected chi connectivity index (χ3v) is 7.92. The minimum Gasteiger partial charge on any atom is -0.431 e. The van der Waals surface area contributed by atoms with Gasteiger partial charge in [-0.25, -0.2) is 4.98 Å². The van der Waals surface area contributed by atoms with Gasteiger partial charge in [-0.2, -0.15) is 0 Å². The second kappa shape index (κ2) is 10.8. The molecule has 2 amide bonds. The standard InChI is InChI=1S/C30H31N3O3S/c1-21-12-11-13-22(2)27(21)32-28(35)30(18-9-4-10-19-30)33(23-14-5-3-6-15-23)26(34)20-37-29-31-24-16-7-8-17-25(24)36-29/h3,5-8,11-17H,4,9-10,18-20H2,1-2H3,(H,32,35). The number of hydrogen-bond donors (Lipinski definition) is 1. The molecule has 0 spiro atoms. The van der Waals surface area contributed by atoms with E-state index in [1.54, 1.807) is 4.90 Å². The Kier molecular flexibility index (Phi) is 7.33. The predicted molar refractivity (Wildman–Crippen MR) is 149 cm³/mol. The van der Waals surface area contributed by atoms with E-state index in [4.69, 9.17) is 4.42 Å². The number of fused-ring (bicyclic) bond motifs is 1. The molecule has 1 fully saturated rings. The summed E-state index contributed by atoms with van der Waals surface area (Å²) in [5.41, 5.74) is 4.02. The van der Waals surface area contributed by atoms with E-state index in [9.17, 15) is 9.59 Å². The van der Waals surface area contributed by atoms with Crippen LogP contribution in [0.5, 0.6) is 0 Å². The van der Waals surface area contributed by atoms with Crippen LogP contribution in [0.2, 0.25) is 0 Å². The molecule has 7 heteroatoms. The zero-order valence-corrected chi connectivity index (χ0v) is 22.0. The Labute approximate surface area is 221 Å². The maximum atomic E-state index is 14.2. The second-order valence-electron chi connectivity index (χ2n) is 9.61. The van der Waals surface area contributed by atoms with Gasteiger partial charge in [-0.3, -0.25) is 14.5 Å². The molecule has 1 aliphatic rings. The van der Waals surface area contributed by atoms with Crippen molar-refractivity contribution >= 4 is 46.1 Å². The number of nitrogens with one attached hydrogen (secondary N) is 1. The van der Waals surface area contributed by atoms with Gasteiger partial charge in [0.25, 0.3) is 11.1 Å². The lowest BCUT2D eigenvalue weighted by Gasteiger charge is -2.45. The van der Waals surface area contributed by atoms with Crippen LogP contribution in [0.15, 0.2) is 82.4 Å². The zero-order chi connectivity index (χ0) is 25.8. The van der Waals surface area contributed by atoms with E-state index < -0.39 is 5.54 Å². The van der Waals surface area contributed by atoms with Crippen molar-refractivity contribution < 1.29 is 14.0 Å². The van der Waals surface area contributed by atoms with Crippen molar-refractivity contribution in [1.29, 1.82) is 0 Å². The van der Waals surface area contributed by atoms with Crippen LogP contribution in [0.3, 0.4) is 0 Å². The van der Waals surface area contributed by atoms with Crippen molar-refractivity contribution in [1.82, 2.24) is 4.98 Å². The van der Waals surface area contributed by atoms with Crippen LogP contribution in [0.25, 0.3) is 11.1 Å². The summed E-state index contributed by atoms with van der Waals surface area (Å²) in [5.74, 6) is -0.161. The van der Waals surface area contributed by atoms with Gasteiger partial charge in [0, 0.05) is 11.4 Å². The highest BCUT2D eigenvalue weighted by atomic mass is 32.2. The average molecular weight is 514 g/mol. The molecule has 1 saturated carbocycles. The molecular weight excluding hydrogens is 482 g/mol. The highest BCUT2D eigenvalue weighted by Crippen LogP contribution is 2.39. The van der Waals surface area contributed by atoms with Crippen LogP contribution in [-0.4, -0.2) is 28.1 Å². The molecule has 190 valence electrons. The summed E-state index contributed by atoms with van der Waals surface area (Å²) in [5, 5.41) is 3.66. The zero-order valence-electron chi connectivity index (χ0n) is 21.2. The summed E-state index contributed by atoms with van der Waals surface area (Å²) < 4.78 is 5.83. The number of thioether (sulfide) groups is 1. The first-order valence-electron chi connectivity index (χ1n) is 12.7. The lowest BCUT2D eigenvalue weighted by Crippen LogP contribution is -2.61. The number of carbonyl (C=O) groups is 2. The number of para-hydroxylation sites is 4. The minimum absolute atomic E-state index is 0.111. The maximum Gasteiger partial charge on any atom is 0.257 e. The summed E-state index contributed by atoms with van der Waals surface area (Å²) in [4.78, 5) is 34.4. The van der Waals surface area contributed by atoms with Gasteiger partial charge >= 0.3 is 0 Å². The van der Waals surface area contributed by atoms with E-state index in [0.29, 0.717) is 23.6 Å². The number of carbonyl (C=O) groups excluding carboxylic acids is 2. The molecule has 0 saturated heterocycles. The summed E-state index contributed by atoms with van der Waals surface area (Å²) in [6.07, 6.45) is 4.03. The van der Waals surface area contributed by atoms with Crippen LogP contribution in [0.1, 0.15) is 43.2 Å². The van der Waals surface area contributed by atoms with Gasteiger partial charge in [-0.05, 0) is 62.1 Å². The topological polar surface area (TPSA) is 75.4 Å². The van der Waals surface area contributed by atoms with Gasteiger partial charge in [0.15, 0.2) is 5.58 Å². The van der Waals surface area contributed by atoms with Crippen LogP contribution < -0.4 is 10.2 Å². The number of aryl methyl sites for hydroxylation is 2. The van der Waals surface area contributed by atoms with Gasteiger partial charge < -0.3 is 9.73 Å². The molecule has 4 aromatic rings. The van der Waals surface area contributed by atoms with Crippen LogP contribution in [0.4, 0.5) is 11.4 Å². The first kappa shape index (κ1) is 25.1. The molecular formula is C30H31N3O3S. The normalized spacial score (nSPS) is 14.9. The van der Waals surface area contributed by atoms with Crippen LogP contribution >= 0.6 is 11.8 Å². The lowest BCUT2D eigenvalue weighted by atomic mass is 9.78. The van der Waals surface area contributed by atoms with Crippen molar-refractivity contribution in [3.8, 4) is 0 Å². The van der Waals surface area contributed by atoms with Crippen molar-refractivity contribution in [2.24, 2.45) is 0 Å². The molecule has 6 nitrogen and oxygen atoms in total. The van der Waals surface area contributed by atoms with Crippen molar-refractivity contribution in [2.45, 2.75) is 56.7 Å². The molecule has 0 bridgehead atoms. The smallest absolute Gasteiger partial charge is 0.257 e. The monoisotopic (exact) mass is 513 g/mol. The average Bonchev–Trinajstić information content (AvgIpc) is 3.34. The Morgan fingerprint density at radius 2 is 1.59 bits per heavy atom. The number of aromatic nitrogens is 1. The number of hydrogen-bond acceptors (Lipinski definition) is 5. The van der Waals surface area contributed by atoms with Gasteiger partial charge in [0.1, 0.15) is 11.1 Å². The molecule has 1 aromatic heterocycles. The molecule has 0 atom stereocenters. The highest BCUT2D eigenvalue weighted by Gasteiger charge is 2.48. The van der Waals surface area contributed by atoms with E-state index in [0.717, 1.165) is 47.3 Å². The summed E-state index contributed by atoms with van der Waals surface area (Å²) in [6, 6.07) is 23.1. The first-order valence-corrected chi connectivity index (χ1v) is 13.7. The third kappa shape index (κ3) is 5.14. The fourth-order valence-corrected chi connectivity index (χ4v) is 5.93. The van der Waals surface area contributed by atoms with Gasteiger partial charge in [-0.1, -0.05) is 79.6 Å². The number of amides is 2. The van der Waals surface area contributed by atoms with Crippen LogP contribution in [0, 0.1) is 13.8 Å². The summed E-state index contributed by atoms with van der Waals surface area (Å²) in [6.45, 7) is 3.99. The first-order chi connectivity index (χ1) is 18.0. The Morgan fingerprint density at radius 1 is 0.919 bits per heavy atom. The molecule has 5 rings (SSSR count). The lowest BCUT2D eigenvalue weighted by molar-refractivity contribution is -0.127. The Morgan fingerprint density at radius 3 is 2.30 bits per heavy atom. The van der Waals surface area contributed by atoms with E-state index >= 15 is 0 Å². The fourth-order valence-electron chi connectivity index (χ4n) is 5.24. The van der Waals surface area contributed by atoms with Crippen molar-refractivity contribution in [3.05, 3.63) is 83.9 Å². The molecule has 0 radical (unpaired) electrons. The maximum absolute atomic E-state index is 14.2. The molecule has 1 heterocycles. The quantitative estimate of drug-likeness (QED) is 0.272. The fraction of sp³-hybridized carbons (Fsp3) is 0.300. The molecule has 1 N–H and O–H groups in total. The van der Waals surface area contributed by atoms with E-state index in [1.807, 2.05) is 86.6 Å². The Hall–Kier alpha value is -3.58. The van der Waals surface area contributed by atoms with Crippen molar-refractivity contribution in [3.63, 3.8) is 0 Å². The molecule has 0 aliphatic heterocycles. The number of benzene rings is 3. The van der Waals surface area contributed by atoms with Crippen LogP contribution in [-0.2, 0) is 9.59 Å². The number of rotatable bonds is 7. The number of nitrogens with zero attached hydrogens (tertiary/aromatic N) is 2. The Bertz CT molecular complexity index is 1360. The third-order valence-electron chi connectivity index (χ3n) is 7.11. The van der Waals surface area contributed by atoms with E-state index in [2.05, 4.69) is 10.3 Å². The Balaban J connectivity index is 1.48. The predicted octanol–water partition coefficient (Wildman–Crippen LogP) is 6.91.